The van der Waals surface area contributed by atoms with Gasteiger partial charge in [0.2, 0.25) is 0 Å². The maximum Gasteiger partial charge on any atom is 0.416 e. The Morgan fingerprint density at radius 2 is 1.57 bits per heavy atom. The smallest absolute Gasteiger partial charge is 0.416 e. The van der Waals surface area contributed by atoms with Crippen molar-refractivity contribution in [2.45, 2.75) is 6.18 Å². The van der Waals surface area contributed by atoms with Crippen molar-refractivity contribution in [3.8, 4) is 5.75 Å². The first-order valence-electron chi connectivity index (χ1n) is 5.89. The molecule has 2 aromatic carbocycles. The summed E-state index contributed by atoms with van der Waals surface area (Å²) in [6.07, 6.45) is -4.42. The molecular formula is C14H11F3N2O2. The van der Waals surface area contributed by atoms with E-state index < -0.39 is 17.8 Å². The van der Waals surface area contributed by atoms with Crippen molar-refractivity contribution >= 4 is 17.4 Å². The van der Waals surface area contributed by atoms with Crippen molar-refractivity contribution in [2.24, 2.45) is 0 Å². The van der Waals surface area contributed by atoms with Gasteiger partial charge in [0, 0.05) is 5.69 Å². The fourth-order valence-electron chi connectivity index (χ4n) is 1.61. The number of carbonyl (C=O) groups excluding carboxylic acids is 1. The van der Waals surface area contributed by atoms with Crippen molar-refractivity contribution in [1.29, 1.82) is 0 Å². The SMILES string of the molecule is O=C(Nc1ccc(C(F)(F)F)cc1)Nc1ccccc1O. The highest BCUT2D eigenvalue weighted by Crippen LogP contribution is 2.29. The van der Waals surface area contributed by atoms with Gasteiger partial charge in [-0.3, -0.25) is 0 Å². The number of halogens is 3. The lowest BCUT2D eigenvalue weighted by Gasteiger charge is -2.10. The van der Waals surface area contributed by atoms with E-state index in [0.29, 0.717) is 0 Å². The zero-order chi connectivity index (χ0) is 15.5. The number of phenols is 1. The van der Waals surface area contributed by atoms with E-state index in [-0.39, 0.29) is 17.1 Å². The van der Waals surface area contributed by atoms with E-state index in [1.165, 1.54) is 12.1 Å². The summed E-state index contributed by atoms with van der Waals surface area (Å²) in [6, 6.07) is 9.46. The van der Waals surface area contributed by atoms with Gasteiger partial charge in [0.05, 0.1) is 11.3 Å². The highest BCUT2D eigenvalue weighted by atomic mass is 19.4. The molecule has 7 heteroatoms. The van der Waals surface area contributed by atoms with Gasteiger partial charge in [-0.05, 0) is 36.4 Å². The van der Waals surface area contributed by atoms with E-state index in [0.717, 1.165) is 24.3 Å². The van der Waals surface area contributed by atoms with Gasteiger partial charge < -0.3 is 15.7 Å². The van der Waals surface area contributed by atoms with Gasteiger partial charge in [-0.2, -0.15) is 13.2 Å². The Kier molecular flexibility index (Phi) is 4.02. The highest BCUT2D eigenvalue weighted by molar-refractivity contribution is 6.00. The third-order valence-electron chi connectivity index (χ3n) is 2.62. The molecule has 3 N–H and O–H groups in total. The minimum atomic E-state index is -4.42. The third-order valence-corrected chi connectivity index (χ3v) is 2.62. The fourth-order valence-corrected chi connectivity index (χ4v) is 1.61. The fraction of sp³-hybridized carbons (Fsp3) is 0.0714. The minimum Gasteiger partial charge on any atom is -0.506 e. The number of aromatic hydroxyl groups is 1. The molecule has 2 aromatic rings. The summed E-state index contributed by atoms with van der Waals surface area (Å²) in [5.74, 6) is -0.111. The van der Waals surface area contributed by atoms with Crippen LogP contribution in [0.3, 0.4) is 0 Å². The van der Waals surface area contributed by atoms with Crippen LogP contribution < -0.4 is 10.6 Å². The van der Waals surface area contributed by atoms with Crippen molar-refractivity contribution in [2.75, 3.05) is 10.6 Å². The van der Waals surface area contributed by atoms with Crippen LogP contribution in [0.2, 0.25) is 0 Å². The molecule has 0 aliphatic heterocycles. The van der Waals surface area contributed by atoms with Crippen LogP contribution in [-0.4, -0.2) is 11.1 Å². The molecule has 0 aliphatic carbocycles. The molecule has 0 unspecified atom stereocenters. The monoisotopic (exact) mass is 296 g/mol. The van der Waals surface area contributed by atoms with Crippen LogP contribution in [0.25, 0.3) is 0 Å². The highest BCUT2D eigenvalue weighted by Gasteiger charge is 2.29. The van der Waals surface area contributed by atoms with E-state index in [1.807, 2.05) is 0 Å². The molecule has 0 saturated heterocycles. The van der Waals surface area contributed by atoms with Crippen LogP contribution in [0, 0.1) is 0 Å². The Labute approximate surface area is 118 Å². The minimum absolute atomic E-state index is 0.111. The van der Waals surface area contributed by atoms with Crippen LogP contribution in [0.15, 0.2) is 48.5 Å². The second kappa shape index (κ2) is 5.74. The number of carbonyl (C=O) groups is 1. The number of alkyl halides is 3. The Hall–Kier alpha value is -2.70. The molecule has 110 valence electrons. The Bertz CT molecular complexity index is 639. The maximum absolute atomic E-state index is 12.4. The average Bonchev–Trinajstić information content (AvgIpc) is 2.41. The number of hydrogen-bond acceptors (Lipinski definition) is 2. The topological polar surface area (TPSA) is 61.4 Å². The molecule has 2 rings (SSSR count). The molecule has 4 nitrogen and oxygen atoms in total. The average molecular weight is 296 g/mol. The number of para-hydroxylation sites is 2. The Morgan fingerprint density at radius 3 is 2.14 bits per heavy atom. The zero-order valence-corrected chi connectivity index (χ0v) is 10.6. The molecular weight excluding hydrogens is 285 g/mol. The van der Waals surface area contributed by atoms with Crippen molar-refractivity contribution in [3.05, 3.63) is 54.1 Å². The molecule has 21 heavy (non-hydrogen) atoms. The number of nitrogens with one attached hydrogen (secondary N) is 2. The summed E-state index contributed by atoms with van der Waals surface area (Å²) in [7, 11) is 0. The molecule has 0 fully saturated rings. The predicted molar refractivity (Wildman–Crippen MR) is 72.2 cm³/mol. The Balaban J connectivity index is 2.02. The molecule has 0 atom stereocenters. The van der Waals surface area contributed by atoms with Crippen LogP contribution in [0.1, 0.15) is 5.56 Å². The summed E-state index contributed by atoms with van der Waals surface area (Å²) < 4.78 is 37.2. The summed E-state index contributed by atoms with van der Waals surface area (Å²) in [5.41, 5.74) is -0.396. The maximum atomic E-state index is 12.4. The van der Waals surface area contributed by atoms with Gasteiger partial charge >= 0.3 is 12.2 Å². The lowest BCUT2D eigenvalue weighted by atomic mass is 10.2. The van der Waals surface area contributed by atoms with Crippen LogP contribution in [-0.2, 0) is 6.18 Å². The first-order valence-corrected chi connectivity index (χ1v) is 5.89. The van der Waals surface area contributed by atoms with E-state index in [2.05, 4.69) is 10.6 Å². The standard InChI is InChI=1S/C14H11F3N2O2/c15-14(16,17)9-5-7-10(8-6-9)18-13(21)19-11-3-1-2-4-12(11)20/h1-8,20H,(H2,18,19,21). The molecule has 0 aromatic heterocycles. The van der Waals surface area contributed by atoms with Gasteiger partial charge in [-0.15, -0.1) is 0 Å². The summed E-state index contributed by atoms with van der Waals surface area (Å²) in [4.78, 5) is 11.7. The van der Waals surface area contributed by atoms with Crippen molar-refractivity contribution in [3.63, 3.8) is 0 Å². The van der Waals surface area contributed by atoms with Crippen LogP contribution in [0.4, 0.5) is 29.3 Å². The largest absolute Gasteiger partial charge is 0.506 e. The number of rotatable bonds is 2. The number of hydrogen-bond donors (Lipinski definition) is 3. The molecule has 0 aliphatic rings. The van der Waals surface area contributed by atoms with E-state index in [1.54, 1.807) is 12.1 Å². The summed E-state index contributed by atoms with van der Waals surface area (Å²) >= 11 is 0. The molecule has 0 spiro atoms. The van der Waals surface area contributed by atoms with Gasteiger partial charge in [0.15, 0.2) is 0 Å². The molecule has 0 saturated carbocycles. The second-order valence-corrected chi connectivity index (χ2v) is 4.17. The molecule has 2 amide bonds. The molecule has 0 heterocycles. The summed E-state index contributed by atoms with van der Waals surface area (Å²) in [5, 5.41) is 14.2. The third kappa shape index (κ3) is 3.88. The number of anilines is 2. The number of amides is 2. The van der Waals surface area contributed by atoms with Gasteiger partial charge in [-0.25, -0.2) is 4.79 Å². The number of phenolic OH excluding ortho intramolecular Hbond substituents is 1. The van der Waals surface area contributed by atoms with Crippen molar-refractivity contribution < 1.29 is 23.1 Å². The second-order valence-electron chi connectivity index (χ2n) is 4.17. The quantitative estimate of drug-likeness (QED) is 0.732. The lowest BCUT2D eigenvalue weighted by Crippen LogP contribution is -2.19. The molecule has 0 radical (unpaired) electrons. The van der Waals surface area contributed by atoms with E-state index in [9.17, 15) is 23.1 Å². The Morgan fingerprint density at radius 1 is 0.952 bits per heavy atom. The molecule has 0 bridgehead atoms. The zero-order valence-electron chi connectivity index (χ0n) is 10.6. The predicted octanol–water partition coefficient (Wildman–Crippen LogP) is 4.06. The van der Waals surface area contributed by atoms with Gasteiger partial charge in [-0.1, -0.05) is 12.1 Å². The first kappa shape index (κ1) is 14.7. The van der Waals surface area contributed by atoms with Crippen LogP contribution >= 0.6 is 0 Å². The van der Waals surface area contributed by atoms with Gasteiger partial charge in [0.25, 0.3) is 0 Å². The first-order chi connectivity index (χ1) is 9.86. The summed E-state index contributed by atoms with van der Waals surface area (Å²) in [6.45, 7) is 0. The number of benzene rings is 2. The van der Waals surface area contributed by atoms with Gasteiger partial charge in [0.1, 0.15) is 5.75 Å². The van der Waals surface area contributed by atoms with Crippen LogP contribution in [0.5, 0.6) is 5.75 Å². The van der Waals surface area contributed by atoms with E-state index >= 15 is 0 Å². The normalized spacial score (nSPS) is 11.0. The number of urea groups is 1. The lowest BCUT2D eigenvalue weighted by molar-refractivity contribution is -0.137. The van der Waals surface area contributed by atoms with Crippen molar-refractivity contribution in [1.82, 2.24) is 0 Å². The van der Waals surface area contributed by atoms with E-state index in [4.69, 9.17) is 0 Å².